The van der Waals surface area contributed by atoms with E-state index in [2.05, 4.69) is 19.9 Å². The fourth-order valence-corrected chi connectivity index (χ4v) is 2.56. The van der Waals surface area contributed by atoms with Crippen LogP contribution >= 0.6 is 0 Å². The molecule has 0 spiro atoms. The maximum Gasteiger partial charge on any atom is 0.336 e. The molecule has 0 fully saturated rings. The van der Waals surface area contributed by atoms with Gasteiger partial charge >= 0.3 is 6.01 Å². The van der Waals surface area contributed by atoms with Gasteiger partial charge < -0.3 is 4.74 Å². The molecule has 2 aromatic rings. The highest BCUT2D eigenvalue weighted by Crippen LogP contribution is 2.19. The summed E-state index contributed by atoms with van der Waals surface area (Å²) < 4.78 is 31.4. The third-order valence-electron chi connectivity index (χ3n) is 2.74. The van der Waals surface area contributed by atoms with Crippen molar-refractivity contribution in [2.24, 2.45) is 0 Å². The Morgan fingerprint density at radius 1 is 1.25 bits per heavy atom. The zero-order chi connectivity index (χ0) is 14.8. The minimum absolute atomic E-state index is 0.00906. The molecule has 2 rings (SSSR count). The van der Waals surface area contributed by atoms with Gasteiger partial charge in [-0.3, -0.25) is 0 Å². The molecule has 8 heteroatoms. The van der Waals surface area contributed by atoms with Crippen LogP contribution in [0.2, 0.25) is 0 Å². The standard InChI is InChI=1S/C12H16N4O3S/c1-8(2)9-4-6-10(7-5-9)20(17,18)16-11-13-12(19-3)15-14-11/h4-8H,1-3H3,(H2,13,14,15,16). The summed E-state index contributed by atoms with van der Waals surface area (Å²) in [6.45, 7) is 4.09. The zero-order valence-corrected chi connectivity index (χ0v) is 12.2. The first kappa shape index (κ1) is 14.3. The molecule has 0 aliphatic carbocycles. The smallest absolute Gasteiger partial charge is 0.336 e. The number of nitrogens with one attached hydrogen (secondary N) is 2. The lowest BCUT2D eigenvalue weighted by molar-refractivity contribution is 0.382. The number of H-pyrrole nitrogens is 1. The number of hydrogen-bond acceptors (Lipinski definition) is 5. The summed E-state index contributed by atoms with van der Waals surface area (Å²) in [6, 6.07) is 6.77. The van der Waals surface area contributed by atoms with Crippen molar-refractivity contribution in [1.29, 1.82) is 0 Å². The molecule has 20 heavy (non-hydrogen) atoms. The van der Waals surface area contributed by atoms with E-state index in [1.807, 2.05) is 13.8 Å². The Kier molecular flexibility index (Phi) is 3.93. The maximum absolute atomic E-state index is 12.1. The van der Waals surface area contributed by atoms with Gasteiger partial charge in [-0.05, 0) is 23.6 Å². The molecule has 0 unspecified atom stereocenters. The van der Waals surface area contributed by atoms with Gasteiger partial charge in [0.15, 0.2) is 0 Å². The second kappa shape index (κ2) is 5.49. The first-order valence-electron chi connectivity index (χ1n) is 6.01. The van der Waals surface area contributed by atoms with Gasteiger partial charge in [-0.1, -0.05) is 26.0 Å². The van der Waals surface area contributed by atoms with Gasteiger partial charge in [-0.25, -0.2) is 18.2 Å². The third kappa shape index (κ3) is 3.08. The van der Waals surface area contributed by atoms with Crippen molar-refractivity contribution >= 4 is 16.0 Å². The molecule has 0 aliphatic rings. The second-order valence-electron chi connectivity index (χ2n) is 4.50. The van der Waals surface area contributed by atoms with E-state index >= 15 is 0 Å². The van der Waals surface area contributed by atoms with Gasteiger partial charge in [-0.2, -0.15) is 4.98 Å². The van der Waals surface area contributed by atoms with Crippen molar-refractivity contribution in [3.8, 4) is 6.01 Å². The highest BCUT2D eigenvalue weighted by molar-refractivity contribution is 7.92. The summed E-state index contributed by atoms with van der Waals surface area (Å²) in [6.07, 6.45) is 0. The molecule has 0 saturated carbocycles. The molecular formula is C12H16N4O3S. The highest BCUT2D eigenvalue weighted by atomic mass is 32.2. The van der Waals surface area contributed by atoms with Crippen molar-refractivity contribution in [2.75, 3.05) is 11.8 Å². The molecule has 1 aromatic heterocycles. The molecular weight excluding hydrogens is 280 g/mol. The predicted molar refractivity (Wildman–Crippen MR) is 74.3 cm³/mol. The Balaban J connectivity index is 2.21. The number of aromatic amines is 1. The number of rotatable bonds is 5. The van der Waals surface area contributed by atoms with Crippen LogP contribution in [0.15, 0.2) is 29.2 Å². The summed E-state index contributed by atoms with van der Waals surface area (Å²) in [7, 11) is -2.30. The fraction of sp³-hybridized carbons (Fsp3) is 0.333. The minimum Gasteiger partial charge on any atom is -0.466 e. The van der Waals surface area contributed by atoms with E-state index in [0.717, 1.165) is 5.56 Å². The number of methoxy groups -OCH3 is 1. The average molecular weight is 296 g/mol. The fourth-order valence-electron chi connectivity index (χ4n) is 1.60. The first-order valence-corrected chi connectivity index (χ1v) is 7.50. The molecule has 0 bridgehead atoms. The van der Waals surface area contributed by atoms with Crippen LogP contribution in [0.5, 0.6) is 6.01 Å². The van der Waals surface area contributed by atoms with Gasteiger partial charge in [-0.15, -0.1) is 5.10 Å². The molecule has 1 heterocycles. The van der Waals surface area contributed by atoms with Crippen LogP contribution < -0.4 is 9.46 Å². The minimum atomic E-state index is -3.69. The van der Waals surface area contributed by atoms with Gasteiger partial charge in [0, 0.05) is 0 Å². The monoisotopic (exact) mass is 296 g/mol. The number of benzene rings is 1. The summed E-state index contributed by atoms with van der Waals surface area (Å²) in [4.78, 5) is 3.97. The van der Waals surface area contributed by atoms with E-state index in [9.17, 15) is 8.42 Å². The van der Waals surface area contributed by atoms with Crippen molar-refractivity contribution in [1.82, 2.24) is 15.2 Å². The van der Waals surface area contributed by atoms with E-state index in [0.29, 0.717) is 5.92 Å². The lowest BCUT2D eigenvalue weighted by Gasteiger charge is -2.08. The Bertz CT molecular complexity index is 677. The predicted octanol–water partition coefficient (Wildman–Crippen LogP) is 1.74. The quantitative estimate of drug-likeness (QED) is 0.876. The Morgan fingerprint density at radius 2 is 1.90 bits per heavy atom. The van der Waals surface area contributed by atoms with Crippen molar-refractivity contribution in [3.05, 3.63) is 29.8 Å². The van der Waals surface area contributed by atoms with E-state index in [-0.39, 0.29) is 16.9 Å². The molecule has 108 valence electrons. The summed E-state index contributed by atoms with van der Waals surface area (Å²) in [5, 5.41) is 6.10. The second-order valence-corrected chi connectivity index (χ2v) is 6.18. The largest absolute Gasteiger partial charge is 0.466 e. The van der Waals surface area contributed by atoms with E-state index in [1.54, 1.807) is 24.3 Å². The molecule has 7 nitrogen and oxygen atoms in total. The maximum atomic E-state index is 12.1. The Labute approximate surface area is 117 Å². The summed E-state index contributed by atoms with van der Waals surface area (Å²) >= 11 is 0. The van der Waals surface area contributed by atoms with Crippen LogP contribution in [0, 0.1) is 0 Å². The van der Waals surface area contributed by atoms with Crippen LogP contribution in [0.1, 0.15) is 25.3 Å². The van der Waals surface area contributed by atoms with Gasteiger partial charge in [0.25, 0.3) is 10.0 Å². The summed E-state index contributed by atoms with van der Waals surface area (Å²) in [5.74, 6) is 0.355. The molecule has 0 aliphatic heterocycles. The third-order valence-corrected chi connectivity index (χ3v) is 4.09. The van der Waals surface area contributed by atoms with Gasteiger partial charge in [0.2, 0.25) is 5.95 Å². The first-order chi connectivity index (χ1) is 9.42. The van der Waals surface area contributed by atoms with E-state index < -0.39 is 10.0 Å². The lowest BCUT2D eigenvalue weighted by Crippen LogP contribution is -2.14. The lowest BCUT2D eigenvalue weighted by atomic mass is 10.0. The van der Waals surface area contributed by atoms with Crippen LogP contribution in [0.4, 0.5) is 5.95 Å². The van der Waals surface area contributed by atoms with Crippen molar-refractivity contribution in [2.45, 2.75) is 24.7 Å². The molecule has 0 amide bonds. The van der Waals surface area contributed by atoms with E-state index in [4.69, 9.17) is 4.74 Å². The molecule has 2 N–H and O–H groups in total. The number of nitrogens with zero attached hydrogens (tertiary/aromatic N) is 2. The van der Waals surface area contributed by atoms with E-state index in [1.165, 1.54) is 7.11 Å². The van der Waals surface area contributed by atoms with Gasteiger partial charge in [0.05, 0.1) is 12.0 Å². The van der Waals surface area contributed by atoms with Crippen LogP contribution in [0.3, 0.4) is 0 Å². The molecule has 0 atom stereocenters. The number of hydrogen-bond donors (Lipinski definition) is 2. The molecule has 1 aromatic carbocycles. The number of aromatic nitrogens is 3. The molecule has 0 radical (unpaired) electrons. The van der Waals surface area contributed by atoms with Crippen LogP contribution in [-0.4, -0.2) is 30.7 Å². The Morgan fingerprint density at radius 3 is 2.40 bits per heavy atom. The number of ether oxygens (including phenoxy) is 1. The Hall–Kier alpha value is -2.09. The SMILES string of the molecule is COc1n[nH]c(NS(=O)(=O)c2ccc(C(C)C)cc2)n1. The van der Waals surface area contributed by atoms with Crippen LogP contribution in [0.25, 0.3) is 0 Å². The normalized spacial score (nSPS) is 11.6. The van der Waals surface area contributed by atoms with Crippen molar-refractivity contribution in [3.63, 3.8) is 0 Å². The zero-order valence-electron chi connectivity index (χ0n) is 11.4. The molecule has 0 saturated heterocycles. The van der Waals surface area contributed by atoms with Crippen LogP contribution in [-0.2, 0) is 10.0 Å². The average Bonchev–Trinajstić information content (AvgIpc) is 2.85. The summed E-state index contributed by atoms with van der Waals surface area (Å²) in [5.41, 5.74) is 1.07. The highest BCUT2D eigenvalue weighted by Gasteiger charge is 2.16. The topological polar surface area (TPSA) is 97.0 Å². The van der Waals surface area contributed by atoms with Gasteiger partial charge in [0.1, 0.15) is 0 Å². The van der Waals surface area contributed by atoms with Crippen molar-refractivity contribution < 1.29 is 13.2 Å². The number of anilines is 1. The number of sulfonamides is 1.